The molecule has 2 aromatic carbocycles. The Morgan fingerprint density at radius 1 is 0.939 bits per heavy atom. The lowest BCUT2D eigenvalue weighted by atomic mass is 9.77. The van der Waals surface area contributed by atoms with E-state index < -0.39 is 5.41 Å². The van der Waals surface area contributed by atoms with Crippen LogP contribution < -0.4 is 14.2 Å². The van der Waals surface area contributed by atoms with Gasteiger partial charge in [0.05, 0.1) is 26.7 Å². The Labute approximate surface area is 195 Å². The second-order valence-corrected chi connectivity index (χ2v) is 8.86. The number of methoxy groups -OCH3 is 3. The van der Waals surface area contributed by atoms with E-state index in [9.17, 15) is 9.18 Å². The zero-order valence-electron chi connectivity index (χ0n) is 19.7. The molecule has 0 atom stereocenters. The van der Waals surface area contributed by atoms with Crippen molar-refractivity contribution in [2.45, 2.75) is 37.6 Å². The zero-order chi connectivity index (χ0) is 23.4. The molecule has 4 rings (SSSR count). The minimum Gasteiger partial charge on any atom is -0.493 e. The van der Waals surface area contributed by atoms with Gasteiger partial charge in [0.15, 0.2) is 11.5 Å². The van der Waals surface area contributed by atoms with Crippen molar-refractivity contribution in [2.24, 2.45) is 0 Å². The number of rotatable bonds is 7. The van der Waals surface area contributed by atoms with Gasteiger partial charge in [-0.05, 0) is 36.6 Å². The normalized spacial score (nSPS) is 18.2. The number of hydrogen-bond acceptors (Lipinski definition) is 5. The lowest BCUT2D eigenvalue weighted by Gasteiger charge is -2.40. The summed E-state index contributed by atoms with van der Waals surface area (Å²) in [5, 5.41) is 0. The van der Waals surface area contributed by atoms with E-state index in [-0.39, 0.29) is 11.7 Å². The van der Waals surface area contributed by atoms with Crippen LogP contribution in [0, 0.1) is 5.82 Å². The third-order valence-electron chi connectivity index (χ3n) is 7.08. The molecular formula is C26H33FN2O4. The van der Waals surface area contributed by atoms with Crippen LogP contribution in [0.1, 0.15) is 36.8 Å². The molecule has 7 heteroatoms. The fraction of sp³-hybridized carbons (Fsp3) is 0.500. The van der Waals surface area contributed by atoms with E-state index in [0.29, 0.717) is 36.9 Å². The Morgan fingerprint density at radius 2 is 1.64 bits per heavy atom. The molecule has 33 heavy (non-hydrogen) atoms. The van der Waals surface area contributed by atoms with Gasteiger partial charge in [0, 0.05) is 38.3 Å². The first-order valence-corrected chi connectivity index (χ1v) is 11.6. The standard InChI is InChI=1S/C26H33FN2O4/c1-31-22-10-9-19(23(32-2)24(22)33-3)18-28-13-15-29(16-14-28)25(30)26(11-4-5-12-26)20-7-6-8-21(27)17-20/h6-10,17H,4-5,11-16,18H2,1-3H3. The molecule has 1 aliphatic heterocycles. The van der Waals surface area contributed by atoms with Crippen LogP contribution in [0.25, 0.3) is 0 Å². The molecule has 0 unspecified atom stereocenters. The van der Waals surface area contributed by atoms with Crippen LogP contribution >= 0.6 is 0 Å². The number of nitrogens with zero attached hydrogens (tertiary/aromatic N) is 2. The zero-order valence-corrected chi connectivity index (χ0v) is 19.7. The lowest BCUT2D eigenvalue weighted by molar-refractivity contribution is -0.139. The molecule has 1 saturated heterocycles. The van der Waals surface area contributed by atoms with Crippen molar-refractivity contribution >= 4 is 5.91 Å². The third kappa shape index (κ3) is 4.51. The Balaban J connectivity index is 1.45. The second kappa shape index (κ2) is 10.00. The lowest BCUT2D eigenvalue weighted by Crippen LogP contribution is -2.53. The molecule has 2 fully saturated rings. The summed E-state index contributed by atoms with van der Waals surface area (Å²) < 4.78 is 30.5. The van der Waals surface area contributed by atoms with Gasteiger partial charge in [0.25, 0.3) is 0 Å². The van der Waals surface area contributed by atoms with Gasteiger partial charge >= 0.3 is 0 Å². The van der Waals surface area contributed by atoms with Gasteiger partial charge in [-0.1, -0.05) is 31.0 Å². The molecular weight excluding hydrogens is 423 g/mol. The molecule has 0 N–H and O–H groups in total. The molecule has 0 spiro atoms. The third-order valence-corrected chi connectivity index (χ3v) is 7.08. The van der Waals surface area contributed by atoms with Crippen molar-refractivity contribution in [1.29, 1.82) is 0 Å². The summed E-state index contributed by atoms with van der Waals surface area (Å²) in [7, 11) is 4.84. The number of benzene rings is 2. The molecule has 1 heterocycles. The molecule has 1 saturated carbocycles. The predicted octanol–water partition coefficient (Wildman–Crippen LogP) is 4.01. The van der Waals surface area contributed by atoms with E-state index in [1.165, 1.54) is 6.07 Å². The molecule has 6 nitrogen and oxygen atoms in total. The van der Waals surface area contributed by atoms with Gasteiger partial charge in [-0.2, -0.15) is 0 Å². The molecule has 178 valence electrons. The number of halogens is 1. The fourth-order valence-corrected chi connectivity index (χ4v) is 5.33. The van der Waals surface area contributed by atoms with Crippen molar-refractivity contribution < 1.29 is 23.4 Å². The van der Waals surface area contributed by atoms with Crippen LogP contribution in [-0.2, 0) is 16.8 Å². The van der Waals surface area contributed by atoms with Crippen molar-refractivity contribution in [3.63, 3.8) is 0 Å². The van der Waals surface area contributed by atoms with Gasteiger partial charge in [-0.3, -0.25) is 9.69 Å². The van der Waals surface area contributed by atoms with Crippen LogP contribution in [0.15, 0.2) is 36.4 Å². The first kappa shape index (κ1) is 23.4. The molecule has 0 radical (unpaired) electrons. The Bertz CT molecular complexity index is 982. The predicted molar refractivity (Wildman–Crippen MR) is 125 cm³/mol. The average molecular weight is 457 g/mol. The summed E-state index contributed by atoms with van der Waals surface area (Å²) in [6.45, 7) is 3.54. The van der Waals surface area contributed by atoms with Crippen LogP contribution in [-0.4, -0.2) is 63.2 Å². The number of ether oxygens (including phenoxy) is 3. The number of carbonyl (C=O) groups excluding carboxylic acids is 1. The average Bonchev–Trinajstić information content (AvgIpc) is 3.35. The highest BCUT2D eigenvalue weighted by molar-refractivity contribution is 5.88. The second-order valence-electron chi connectivity index (χ2n) is 8.86. The summed E-state index contributed by atoms with van der Waals surface area (Å²) in [6.07, 6.45) is 3.58. The van der Waals surface area contributed by atoms with E-state index in [0.717, 1.165) is 49.9 Å². The highest BCUT2D eigenvalue weighted by Crippen LogP contribution is 2.43. The maximum Gasteiger partial charge on any atom is 0.233 e. The van der Waals surface area contributed by atoms with Crippen molar-refractivity contribution in [2.75, 3.05) is 47.5 Å². The van der Waals surface area contributed by atoms with Crippen molar-refractivity contribution in [1.82, 2.24) is 9.80 Å². The Morgan fingerprint density at radius 3 is 2.24 bits per heavy atom. The fourth-order valence-electron chi connectivity index (χ4n) is 5.33. The summed E-state index contributed by atoms with van der Waals surface area (Å²) in [6, 6.07) is 10.5. The minimum absolute atomic E-state index is 0.147. The summed E-state index contributed by atoms with van der Waals surface area (Å²) >= 11 is 0. The van der Waals surface area contributed by atoms with Crippen LogP contribution in [0.3, 0.4) is 0 Å². The number of hydrogen-bond donors (Lipinski definition) is 0. The number of amides is 1. The quantitative estimate of drug-likeness (QED) is 0.630. The molecule has 1 amide bonds. The maximum absolute atomic E-state index is 14.0. The van der Waals surface area contributed by atoms with E-state index in [4.69, 9.17) is 14.2 Å². The highest BCUT2D eigenvalue weighted by atomic mass is 19.1. The van der Waals surface area contributed by atoms with Crippen LogP contribution in [0.4, 0.5) is 4.39 Å². The Kier molecular flexibility index (Phi) is 7.08. The van der Waals surface area contributed by atoms with E-state index in [1.807, 2.05) is 23.1 Å². The van der Waals surface area contributed by atoms with Crippen LogP contribution in [0.5, 0.6) is 17.2 Å². The smallest absolute Gasteiger partial charge is 0.233 e. The summed E-state index contributed by atoms with van der Waals surface area (Å²) in [5.41, 5.74) is 1.25. The van der Waals surface area contributed by atoms with E-state index in [1.54, 1.807) is 33.5 Å². The van der Waals surface area contributed by atoms with Gasteiger partial charge in [0.2, 0.25) is 11.7 Å². The van der Waals surface area contributed by atoms with Gasteiger partial charge < -0.3 is 19.1 Å². The molecule has 0 aromatic heterocycles. The molecule has 2 aliphatic rings. The van der Waals surface area contributed by atoms with Crippen molar-refractivity contribution in [3.8, 4) is 17.2 Å². The number of piperazine rings is 1. The van der Waals surface area contributed by atoms with Crippen molar-refractivity contribution in [3.05, 3.63) is 53.3 Å². The topological polar surface area (TPSA) is 51.2 Å². The first-order chi connectivity index (χ1) is 16.0. The van der Waals surface area contributed by atoms with Crippen LogP contribution in [0.2, 0.25) is 0 Å². The largest absolute Gasteiger partial charge is 0.493 e. The molecule has 2 aromatic rings. The van der Waals surface area contributed by atoms with Gasteiger partial charge in [-0.15, -0.1) is 0 Å². The summed E-state index contributed by atoms with van der Waals surface area (Å²) in [4.78, 5) is 18.0. The van der Waals surface area contributed by atoms with E-state index in [2.05, 4.69) is 4.90 Å². The monoisotopic (exact) mass is 456 g/mol. The first-order valence-electron chi connectivity index (χ1n) is 11.6. The minimum atomic E-state index is -0.586. The van der Waals surface area contributed by atoms with Gasteiger partial charge in [0.1, 0.15) is 5.82 Å². The highest BCUT2D eigenvalue weighted by Gasteiger charge is 2.45. The SMILES string of the molecule is COc1ccc(CN2CCN(C(=O)C3(c4cccc(F)c4)CCCC3)CC2)c(OC)c1OC. The molecule has 1 aliphatic carbocycles. The summed E-state index contributed by atoms with van der Waals surface area (Å²) in [5.74, 6) is 1.76. The van der Waals surface area contributed by atoms with E-state index >= 15 is 0 Å². The number of carbonyl (C=O) groups is 1. The Hall–Kier alpha value is -2.80. The molecule has 0 bridgehead atoms. The van der Waals surface area contributed by atoms with Gasteiger partial charge in [-0.25, -0.2) is 4.39 Å². The maximum atomic E-state index is 14.0.